The van der Waals surface area contributed by atoms with Gasteiger partial charge >= 0.3 is 0 Å². The highest BCUT2D eigenvalue weighted by molar-refractivity contribution is 7.09. The maximum atomic E-state index is 13.6. The first-order valence-corrected chi connectivity index (χ1v) is 8.84. The van der Waals surface area contributed by atoms with Crippen LogP contribution in [0.4, 0.5) is 4.39 Å². The summed E-state index contributed by atoms with van der Waals surface area (Å²) in [6.45, 7) is 5.86. The Balaban J connectivity index is 1.51. The first-order valence-electron chi connectivity index (χ1n) is 7.97. The number of hydrogen-bond acceptors (Lipinski definition) is 4. The van der Waals surface area contributed by atoms with Crippen LogP contribution in [0.1, 0.15) is 16.3 Å². The van der Waals surface area contributed by atoms with Crippen LogP contribution in [0.3, 0.4) is 0 Å². The van der Waals surface area contributed by atoms with E-state index in [0.717, 1.165) is 30.3 Å². The largest absolute Gasteiger partial charge is 0.337 e. The molecule has 24 heavy (non-hydrogen) atoms. The number of hydrogen-bond donors (Lipinski definition) is 0. The van der Waals surface area contributed by atoms with Crippen molar-refractivity contribution in [3.8, 4) is 0 Å². The van der Waals surface area contributed by atoms with Crippen LogP contribution in [-0.4, -0.2) is 46.9 Å². The fraction of sp³-hybridized carbons (Fsp3) is 0.333. The van der Waals surface area contributed by atoms with Crippen molar-refractivity contribution in [2.75, 3.05) is 26.2 Å². The van der Waals surface area contributed by atoms with Crippen molar-refractivity contribution >= 4 is 23.3 Å². The smallest absolute Gasteiger partial charge is 0.246 e. The number of aromatic nitrogens is 1. The van der Waals surface area contributed by atoms with Crippen LogP contribution in [0.2, 0.25) is 0 Å². The zero-order valence-corrected chi connectivity index (χ0v) is 14.4. The van der Waals surface area contributed by atoms with Crippen LogP contribution in [-0.2, 0) is 11.3 Å². The fourth-order valence-electron chi connectivity index (χ4n) is 2.71. The molecule has 0 unspecified atom stereocenters. The van der Waals surface area contributed by atoms with E-state index in [2.05, 4.69) is 15.3 Å². The lowest BCUT2D eigenvalue weighted by Gasteiger charge is -2.33. The predicted octanol–water partition coefficient (Wildman–Crippen LogP) is 2.95. The molecule has 1 amide bonds. The SMILES string of the molecule is Cc1nc(CN2CCN(C(=O)C=Cc3ccccc3F)CC2)cs1. The Labute approximate surface area is 145 Å². The Morgan fingerprint density at radius 3 is 2.71 bits per heavy atom. The molecule has 1 aliphatic heterocycles. The third-order valence-electron chi connectivity index (χ3n) is 4.05. The number of carbonyl (C=O) groups is 1. The van der Waals surface area contributed by atoms with Gasteiger partial charge < -0.3 is 4.90 Å². The number of aryl methyl sites for hydroxylation is 1. The van der Waals surface area contributed by atoms with Gasteiger partial charge in [0, 0.05) is 49.7 Å². The fourth-order valence-corrected chi connectivity index (χ4v) is 3.32. The first-order chi connectivity index (χ1) is 11.6. The van der Waals surface area contributed by atoms with Gasteiger partial charge in [0.15, 0.2) is 0 Å². The van der Waals surface area contributed by atoms with Crippen LogP contribution in [0.5, 0.6) is 0 Å². The van der Waals surface area contributed by atoms with E-state index in [1.807, 2.05) is 6.92 Å². The molecule has 0 saturated carbocycles. The van der Waals surface area contributed by atoms with E-state index in [0.29, 0.717) is 18.7 Å². The third-order valence-corrected chi connectivity index (χ3v) is 4.87. The zero-order valence-electron chi connectivity index (χ0n) is 13.6. The lowest BCUT2D eigenvalue weighted by molar-refractivity contribution is -0.127. The normalized spacial score (nSPS) is 16.0. The molecule has 1 aromatic carbocycles. The van der Waals surface area contributed by atoms with Gasteiger partial charge in [-0.1, -0.05) is 18.2 Å². The van der Waals surface area contributed by atoms with E-state index in [1.165, 1.54) is 12.1 Å². The summed E-state index contributed by atoms with van der Waals surface area (Å²) in [5, 5.41) is 3.17. The van der Waals surface area contributed by atoms with Gasteiger partial charge in [0.2, 0.25) is 5.91 Å². The van der Waals surface area contributed by atoms with Crippen LogP contribution >= 0.6 is 11.3 Å². The van der Waals surface area contributed by atoms with Gasteiger partial charge in [0.1, 0.15) is 5.82 Å². The second kappa shape index (κ2) is 7.68. The minimum atomic E-state index is -0.315. The van der Waals surface area contributed by atoms with E-state index in [-0.39, 0.29) is 11.7 Å². The first kappa shape index (κ1) is 16.8. The van der Waals surface area contributed by atoms with Crippen molar-refractivity contribution in [3.05, 3.63) is 57.8 Å². The van der Waals surface area contributed by atoms with Gasteiger partial charge in [-0.3, -0.25) is 9.69 Å². The monoisotopic (exact) mass is 345 g/mol. The number of amides is 1. The molecular formula is C18H20FN3OS. The number of benzene rings is 1. The van der Waals surface area contributed by atoms with Crippen molar-refractivity contribution in [1.82, 2.24) is 14.8 Å². The Morgan fingerprint density at radius 1 is 1.29 bits per heavy atom. The predicted molar refractivity (Wildman–Crippen MR) is 94.1 cm³/mol. The van der Waals surface area contributed by atoms with E-state index in [1.54, 1.807) is 40.5 Å². The lowest BCUT2D eigenvalue weighted by atomic mass is 10.2. The van der Waals surface area contributed by atoms with Crippen molar-refractivity contribution < 1.29 is 9.18 Å². The molecule has 0 radical (unpaired) electrons. The molecule has 1 aliphatic rings. The van der Waals surface area contributed by atoms with Crippen molar-refractivity contribution in [3.63, 3.8) is 0 Å². The minimum absolute atomic E-state index is 0.0672. The molecule has 0 N–H and O–H groups in total. The summed E-state index contributed by atoms with van der Waals surface area (Å²) in [5.74, 6) is -0.382. The Bertz CT molecular complexity index is 735. The molecule has 4 nitrogen and oxygen atoms in total. The molecule has 1 aromatic heterocycles. The average Bonchev–Trinajstić information content (AvgIpc) is 2.99. The zero-order chi connectivity index (χ0) is 16.9. The Kier molecular flexibility index (Phi) is 5.37. The molecule has 1 saturated heterocycles. The number of halogens is 1. The van der Waals surface area contributed by atoms with E-state index in [9.17, 15) is 9.18 Å². The van der Waals surface area contributed by atoms with Crippen molar-refractivity contribution in [2.45, 2.75) is 13.5 Å². The van der Waals surface area contributed by atoms with Crippen LogP contribution < -0.4 is 0 Å². The van der Waals surface area contributed by atoms with Crippen molar-refractivity contribution in [1.29, 1.82) is 0 Å². The number of thiazole rings is 1. The summed E-state index contributed by atoms with van der Waals surface area (Å²) in [6.07, 6.45) is 3.00. The molecule has 1 fully saturated rings. The van der Waals surface area contributed by atoms with Crippen LogP contribution in [0, 0.1) is 12.7 Å². The van der Waals surface area contributed by atoms with Gasteiger partial charge in [-0.2, -0.15) is 0 Å². The molecular weight excluding hydrogens is 325 g/mol. The van der Waals surface area contributed by atoms with Crippen molar-refractivity contribution in [2.24, 2.45) is 0 Å². The number of rotatable bonds is 4. The molecule has 3 rings (SSSR count). The summed E-state index contributed by atoms with van der Waals surface area (Å²) >= 11 is 1.66. The van der Waals surface area contributed by atoms with Gasteiger partial charge in [-0.25, -0.2) is 9.37 Å². The topological polar surface area (TPSA) is 36.4 Å². The summed E-state index contributed by atoms with van der Waals surface area (Å²) in [7, 11) is 0. The molecule has 2 heterocycles. The second-order valence-electron chi connectivity index (χ2n) is 5.81. The van der Waals surface area contributed by atoms with Gasteiger partial charge in [0.05, 0.1) is 10.7 Å². The number of carbonyl (C=O) groups excluding carboxylic acids is 1. The van der Waals surface area contributed by atoms with E-state index >= 15 is 0 Å². The second-order valence-corrected chi connectivity index (χ2v) is 6.88. The van der Waals surface area contributed by atoms with Gasteiger partial charge in [0.25, 0.3) is 0 Å². The summed E-state index contributed by atoms with van der Waals surface area (Å²) in [4.78, 5) is 20.8. The standard InChI is InChI=1S/C18H20FN3OS/c1-14-20-16(13-24-14)12-21-8-10-22(11-9-21)18(23)7-6-15-4-2-3-5-17(15)19/h2-7,13H,8-12H2,1H3. The average molecular weight is 345 g/mol. The molecule has 6 heteroatoms. The Hall–Kier alpha value is -2.05. The molecule has 0 atom stereocenters. The molecule has 0 bridgehead atoms. The van der Waals surface area contributed by atoms with E-state index < -0.39 is 0 Å². The molecule has 0 spiro atoms. The third kappa shape index (κ3) is 4.27. The highest BCUT2D eigenvalue weighted by atomic mass is 32.1. The highest BCUT2D eigenvalue weighted by Crippen LogP contribution is 2.13. The quantitative estimate of drug-likeness (QED) is 0.800. The van der Waals surface area contributed by atoms with E-state index in [4.69, 9.17) is 0 Å². The molecule has 0 aliphatic carbocycles. The summed E-state index contributed by atoms with van der Waals surface area (Å²) in [5.41, 5.74) is 1.53. The number of nitrogens with zero attached hydrogens (tertiary/aromatic N) is 3. The highest BCUT2D eigenvalue weighted by Gasteiger charge is 2.20. The van der Waals surface area contributed by atoms with Gasteiger partial charge in [-0.15, -0.1) is 11.3 Å². The van der Waals surface area contributed by atoms with Crippen LogP contribution in [0.25, 0.3) is 6.08 Å². The lowest BCUT2D eigenvalue weighted by Crippen LogP contribution is -2.47. The molecule has 2 aromatic rings. The summed E-state index contributed by atoms with van der Waals surface area (Å²) in [6, 6.07) is 6.44. The number of piperazine rings is 1. The Morgan fingerprint density at radius 2 is 2.04 bits per heavy atom. The summed E-state index contributed by atoms with van der Waals surface area (Å²) < 4.78 is 13.6. The van der Waals surface area contributed by atoms with Gasteiger partial charge in [-0.05, 0) is 19.1 Å². The maximum Gasteiger partial charge on any atom is 0.246 e. The molecule has 126 valence electrons. The maximum absolute atomic E-state index is 13.6. The minimum Gasteiger partial charge on any atom is -0.337 e. The van der Waals surface area contributed by atoms with Crippen LogP contribution in [0.15, 0.2) is 35.7 Å².